The smallest absolute Gasteiger partial charge is 0.410 e. The van der Waals surface area contributed by atoms with E-state index in [1.807, 2.05) is 20.8 Å². The van der Waals surface area contributed by atoms with Gasteiger partial charge in [0.1, 0.15) is 11.4 Å². The minimum absolute atomic E-state index is 0.00591. The second-order valence-electron chi connectivity index (χ2n) is 7.99. The van der Waals surface area contributed by atoms with Crippen LogP contribution >= 0.6 is 0 Å². The van der Waals surface area contributed by atoms with Crippen LogP contribution in [0.25, 0.3) is 0 Å². The molecule has 3 atom stereocenters. The van der Waals surface area contributed by atoms with Gasteiger partial charge in [-0.25, -0.2) is 9.78 Å². The van der Waals surface area contributed by atoms with Crippen LogP contribution in [0.15, 0.2) is 10.8 Å². The molecule has 4 aliphatic rings. The van der Waals surface area contributed by atoms with Gasteiger partial charge in [-0.15, -0.1) is 0 Å². The molecule has 1 N–H and O–H groups in total. The maximum absolute atomic E-state index is 12.4. The molecule has 1 saturated carbocycles. The fourth-order valence-corrected chi connectivity index (χ4v) is 3.77. The SMILES string of the molecule is CC(C)(C)OC(=O)N1CC2CC1C2c1ocnc1C(=O)NC1COC1. The van der Waals surface area contributed by atoms with Crippen molar-refractivity contribution in [1.82, 2.24) is 15.2 Å². The molecule has 0 aromatic carbocycles. The second-order valence-corrected chi connectivity index (χ2v) is 7.99. The van der Waals surface area contributed by atoms with E-state index in [0.29, 0.717) is 31.2 Å². The Bertz CT molecular complexity index is 691. The number of ether oxygens (including phenoxy) is 2. The maximum Gasteiger partial charge on any atom is 0.410 e. The quantitative estimate of drug-likeness (QED) is 0.889. The lowest BCUT2D eigenvalue weighted by Crippen LogP contribution is -2.49. The Kier molecular flexibility index (Phi) is 3.75. The van der Waals surface area contributed by atoms with Gasteiger partial charge in [-0.2, -0.15) is 0 Å². The van der Waals surface area contributed by atoms with Crippen LogP contribution in [0, 0.1) is 5.92 Å². The van der Waals surface area contributed by atoms with Gasteiger partial charge in [0.25, 0.3) is 5.91 Å². The highest BCUT2D eigenvalue weighted by Gasteiger charge is 2.57. The first-order valence-electron chi connectivity index (χ1n) is 8.65. The lowest BCUT2D eigenvalue weighted by Gasteiger charge is -2.35. The van der Waals surface area contributed by atoms with Gasteiger partial charge in [-0.05, 0) is 33.1 Å². The highest BCUT2D eigenvalue weighted by molar-refractivity contribution is 5.93. The molecule has 3 unspecified atom stereocenters. The van der Waals surface area contributed by atoms with Gasteiger partial charge in [0.15, 0.2) is 12.1 Å². The van der Waals surface area contributed by atoms with Gasteiger partial charge in [-0.1, -0.05) is 0 Å². The van der Waals surface area contributed by atoms with Crippen LogP contribution < -0.4 is 5.32 Å². The minimum atomic E-state index is -0.526. The number of oxazole rings is 1. The van der Waals surface area contributed by atoms with E-state index in [-0.39, 0.29) is 35.9 Å². The molecule has 1 aromatic rings. The van der Waals surface area contributed by atoms with Crippen molar-refractivity contribution >= 4 is 12.0 Å². The fraction of sp³-hybridized carbons (Fsp3) is 0.706. The summed E-state index contributed by atoms with van der Waals surface area (Å²) in [5.41, 5.74) is -0.209. The molecular formula is C17H23N3O5. The van der Waals surface area contributed by atoms with Crippen LogP contribution in [0.3, 0.4) is 0 Å². The summed E-state index contributed by atoms with van der Waals surface area (Å²) in [7, 11) is 0. The van der Waals surface area contributed by atoms with E-state index in [1.165, 1.54) is 6.39 Å². The predicted octanol–water partition coefficient (Wildman–Crippen LogP) is 1.53. The Morgan fingerprint density at radius 2 is 2.12 bits per heavy atom. The maximum atomic E-state index is 12.4. The topological polar surface area (TPSA) is 93.9 Å². The number of rotatable bonds is 3. The highest BCUT2D eigenvalue weighted by atomic mass is 16.6. The number of amides is 2. The van der Waals surface area contributed by atoms with E-state index in [2.05, 4.69) is 10.3 Å². The van der Waals surface area contributed by atoms with E-state index < -0.39 is 5.60 Å². The third kappa shape index (κ3) is 2.88. The first-order valence-corrected chi connectivity index (χ1v) is 8.65. The van der Waals surface area contributed by atoms with Gasteiger partial charge < -0.3 is 24.1 Å². The Morgan fingerprint density at radius 3 is 2.76 bits per heavy atom. The van der Waals surface area contributed by atoms with E-state index in [0.717, 1.165) is 6.42 Å². The van der Waals surface area contributed by atoms with Crippen LogP contribution in [0.5, 0.6) is 0 Å². The predicted molar refractivity (Wildman–Crippen MR) is 86.2 cm³/mol. The summed E-state index contributed by atoms with van der Waals surface area (Å²) in [6.45, 7) is 7.24. The zero-order chi connectivity index (χ0) is 17.8. The Morgan fingerprint density at radius 1 is 1.36 bits per heavy atom. The molecule has 8 heteroatoms. The number of carbonyl (C=O) groups excluding carboxylic acids is 2. The molecule has 2 bridgehead atoms. The van der Waals surface area contributed by atoms with Gasteiger partial charge in [-0.3, -0.25) is 4.79 Å². The van der Waals surface area contributed by atoms with Crippen molar-refractivity contribution in [2.45, 2.75) is 50.8 Å². The summed E-state index contributed by atoms with van der Waals surface area (Å²) in [6, 6.07) is 0.0415. The van der Waals surface area contributed by atoms with Crippen molar-refractivity contribution in [1.29, 1.82) is 0 Å². The van der Waals surface area contributed by atoms with Crippen LogP contribution in [-0.4, -0.2) is 59.3 Å². The van der Waals surface area contributed by atoms with E-state index >= 15 is 0 Å². The minimum Gasteiger partial charge on any atom is -0.447 e. The molecular weight excluding hydrogens is 326 g/mol. The monoisotopic (exact) mass is 349 g/mol. The fourth-order valence-electron chi connectivity index (χ4n) is 3.77. The molecule has 2 amide bonds. The van der Waals surface area contributed by atoms with Crippen molar-refractivity contribution in [2.75, 3.05) is 19.8 Å². The summed E-state index contributed by atoms with van der Waals surface area (Å²) in [5, 5.41) is 2.89. The summed E-state index contributed by atoms with van der Waals surface area (Å²) in [5.74, 6) is 0.620. The molecule has 5 rings (SSSR count). The number of nitrogens with one attached hydrogen (secondary N) is 1. The lowest BCUT2D eigenvalue weighted by molar-refractivity contribution is -0.00361. The summed E-state index contributed by atoms with van der Waals surface area (Å²) in [6.07, 6.45) is 1.90. The first kappa shape index (κ1) is 16.4. The van der Waals surface area contributed by atoms with Crippen molar-refractivity contribution in [3.8, 4) is 0 Å². The molecule has 4 fully saturated rings. The van der Waals surface area contributed by atoms with Gasteiger partial charge in [0.2, 0.25) is 0 Å². The lowest BCUT2D eigenvalue weighted by atomic mass is 9.72. The number of nitrogens with zero attached hydrogens (tertiary/aromatic N) is 2. The number of carbonyl (C=O) groups is 2. The molecule has 0 radical (unpaired) electrons. The Balaban J connectivity index is 1.47. The van der Waals surface area contributed by atoms with Crippen LogP contribution in [0.2, 0.25) is 0 Å². The van der Waals surface area contributed by atoms with Gasteiger partial charge in [0, 0.05) is 18.5 Å². The molecule has 1 aliphatic carbocycles. The first-order chi connectivity index (χ1) is 11.8. The molecule has 4 heterocycles. The van der Waals surface area contributed by atoms with Crippen LogP contribution in [-0.2, 0) is 9.47 Å². The highest BCUT2D eigenvalue weighted by Crippen LogP contribution is 2.53. The Hall–Kier alpha value is -2.09. The number of hydrogen-bond acceptors (Lipinski definition) is 6. The molecule has 25 heavy (non-hydrogen) atoms. The normalized spacial score (nSPS) is 28.3. The number of aromatic nitrogens is 1. The standard InChI is InChI=1S/C17H23N3O5/c1-17(2,3)25-16(22)20-5-9-4-11(20)12(9)14-13(18-8-24-14)15(21)19-10-6-23-7-10/h8-12H,4-7H2,1-3H3,(H,19,21). The second kappa shape index (κ2) is 5.72. The van der Waals surface area contributed by atoms with Crippen molar-refractivity contribution in [3.05, 3.63) is 17.8 Å². The van der Waals surface area contributed by atoms with Gasteiger partial charge in [0.05, 0.1) is 19.3 Å². The summed E-state index contributed by atoms with van der Waals surface area (Å²) >= 11 is 0. The van der Waals surface area contributed by atoms with Crippen molar-refractivity contribution in [3.63, 3.8) is 0 Å². The van der Waals surface area contributed by atoms with Crippen LogP contribution in [0.1, 0.15) is 49.4 Å². The van der Waals surface area contributed by atoms with Crippen molar-refractivity contribution in [2.24, 2.45) is 5.92 Å². The zero-order valence-corrected chi connectivity index (χ0v) is 14.7. The number of fused-ring (bicyclic) bond motifs is 1. The van der Waals surface area contributed by atoms with Crippen LogP contribution in [0.4, 0.5) is 4.79 Å². The molecule has 1 aromatic heterocycles. The van der Waals surface area contributed by atoms with E-state index in [1.54, 1.807) is 4.90 Å². The molecule has 3 saturated heterocycles. The molecule has 0 spiro atoms. The Labute approximate surface area is 145 Å². The third-order valence-corrected chi connectivity index (χ3v) is 5.01. The summed E-state index contributed by atoms with van der Waals surface area (Å²) in [4.78, 5) is 30.7. The van der Waals surface area contributed by atoms with Gasteiger partial charge >= 0.3 is 6.09 Å². The van der Waals surface area contributed by atoms with E-state index in [4.69, 9.17) is 13.9 Å². The number of hydrogen-bond donors (Lipinski definition) is 1. The largest absolute Gasteiger partial charge is 0.447 e. The molecule has 3 aliphatic heterocycles. The molecule has 8 nitrogen and oxygen atoms in total. The zero-order valence-electron chi connectivity index (χ0n) is 14.7. The third-order valence-electron chi connectivity index (χ3n) is 5.01. The summed E-state index contributed by atoms with van der Waals surface area (Å²) < 4.78 is 16.1. The molecule has 136 valence electrons. The van der Waals surface area contributed by atoms with E-state index in [9.17, 15) is 9.59 Å². The average Bonchev–Trinajstić information content (AvgIpc) is 3.14. The van der Waals surface area contributed by atoms with Crippen molar-refractivity contribution < 1.29 is 23.5 Å². The average molecular weight is 349 g/mol.